The van der Waals surface area contributed by atoms with E-state index in [4.69, 9.17) is 0 Å². The third-order valence-electron chi connectivity index (χ3n) is 7.24. The molecule has 0 amide bonds. The Morgan fingerprint density at radius 3 is 0.690 bits per heavy atom. The van der Waals surface area contributed by atoms with Gasteiger partial charge in [-0.2, -0.15) is 0 Å². The molecule has 0 aromatic carbocycles. The Labute approximate surface area is 190 Å². The summed E-state index contributed by atoms with van der Waals surface area (Å²) >= 11 is -1.64. The zero-order chi connectivity index (χ0) is 21.5. The van der Waals surface area contributed by atoms with Gasteiger partial charge in [0, 0.05) is 0 Å². The second-order valence-corrected chi connectivity index (χ2v) is 20.6. The van der Waals surface area contributed by atoms with Gasteiger partial charge in [-0.15, -0.1) is 0 Å². The average Bonchev–Trinajstić information content (AvgIpc) is 2.73. The summed E-state index contributed by atoms with van der Waals surface area (Å²) < 4.78 is 0. The second kappa shape index (κ2) is 23.2. The Bertz CT molecular complexity index is 237. The summed E-state index contributed by atoms with van der Waals surface area (Å²) in [4.78, 5) is 0. The van der Waals surface area contributed by atoms with E-state index < -0.39 is 13.3 Å². The van der Waals surface area contributed by atoms with Crippen molar-refractivity contribution in [2.45, 2.75) is 177 Å². The van der Waals surface area contributed by atoms with E-state index in [1.807, 2.05) is 0 Å². The number of unbranched alkanes of at least 4 members (excludes halogenated alkanes) is 16. The molecule has 0 atom stereocenters. The molecule has 0 bridgehead atoms. The van der Waals surface area contributed by atoms with Gasteiger partial charge in [0.05, 0.1) is 0 Å². The molecule has 0 aromatic rings. The van der Waals surface area contributed by atoms with Crippen molar-refractivity contribution in [1.82, 2.24) is 0 Å². The van der Waals surface area contributed by atoms with Crippen LogP contribution in [0.5, 0.6) is 0 Å². The third-order valence-corrected chi connectivity index (χ3v) is 19.1. The summed E-state index contributed by atoms with van der Waals surface area (Å²) in [5, 5.41) is 6.89. The standard InChI is InChI=1S/C28H60Ge/c1-5-9-13-17-21-25-29(26-22-18-14-10-6-2,27-23-19-15-11-7-3)28-24-20-16-12-8-4/h5-28H2,1-4H3. The topological polar surface area (TPSA) is 0 Å². The number of rotatable bonds is 24. The fourth-order valence-corrected chi connectivity index (χ4v) is 16.7. The van der Waals surface area contributed by atoms with E-state index in [1.165, 1.54) is 103 Å². The molecule has 0 rings (SSSR count). The average molecular weight is 469 g/mol. The Morgan fingerprint density at radius 1 is 0.276 bits per heavy atom. The monoisotopic (exact) mass is 470 g/mol. The molecule has 29 heavy (non-hydrogen) atoms. The van der Waals surface area contributed by atoms with E-state index in [0.29, 0.717) is 0 Å². The van der Waals surface area contributed by atoms with Crippen LogP contribution in [0.1, 0.15) is 156 Å². The molecule has 0 saturated carbocycles. The molecule has 0 nitrogen and oxygen atoms in total. The summed E-state index contributed by atoms with van der Waals surface area (Å²) in [5.74, 6) is 0. The van der Waals surface area contributed by atoms with Crippen molar-refractivity contribution >= 4 is 13.3 Å². The van der Waals surface area contributed by atoms with Crippen LogP contribution in [0.4, 0.5) is 0 Å². The van der Waals surface area contributed by atoms with Crippen LogP contribution in [0.25, 0.3) is 0 Å². The quantitative estimate of drug-likeness (QED) is 0.0974. The van der Waals surface area contributed by atoms with E-state index in [-0.39, 0.29) is 0 Å². The first-order valence-electron chi connectivity index (χ1n) is 14.2. The minimum absolute atomic E-state index is 1.39. The molecule has 0 N–H and O–H groups in total. The summed E-state index contributed by atoms with van der Waals surface area (Å²) in [7, 11) is 0. The van der Waals surface area contributed by atoms with Crippen LogP contribution in [0, 0.1) is 0 Å². The van der Waals surface area contributed by atoms with Crippen LogP contribution in [0.2, 0.25) is 21.0 Å². The predicted molar refractivity (Wildman–Crippen MR) is 140 cm³/mol. The normalized spacial score (nSPS) is 12.0. The molecule has 0 aromatic heterocycles. The Balaban J connectivity index is 4.69. The molecule has 1 heteroatoms. The third kappa shape index (κ3) is 19.0. The van der Waals surface area contributed by atoms with Gasteiger partial charge in [0.2, 0.25) is 0 Å². The molecular formula is C28H60Ge. The van der Waals surface area contributed by atoms with Gasteiger partial charge in [-0.25, -0.2) is 0 Å². The van der Waals surface area contributed by atoms with Crippen LogP contribution in [0.15, 0.2) is 0 Å². The van der Waals surface area contributed by atoms with E-state index in [2.05, 4.69) is 27.7 Å². The van der Waals surface area contributed by atoms with E-state index in [0.717, 1.165) is 0 Å². The molecule has 0 fully saturated rings. The van der Waals surface area contributed by atoms with E-state index in [1.54, 1.807) is 46.7 Å². The zero-order valence-corrected chi connectivity index (χ0v) is 23.6. The first kappa shape index (κ1) is 29.5. The number of hydrogen-bond donors (Lipinski definition) is 0. The summed E-state index contributed by atoms with van der Waals surface area (Å²) in [6, 6.07) is 0. The van der Waals surface area contributed by atoms with E-state index >= 15 is 0 Å². The Kier molecular flexibility index (Phi) is 23.6. The second-order valence-electron chi connectivity index (χ2n) is 10.2. The van der Waals surface area contributed by atoms with Gasteiger partial charge >= 0.3 is 190 Å². The van der Waals surface area contributed by atoms with Crippen LogP contribution in [-0.4, -0.2) is 13.3 Å². The first-order valence-corrected chi connectivity index (χ1v) is 20.2. The van der Waals surface area contributed by atoms with Gasteiger partial charge in [-0.1, -0.05) is 0 Å². The predicted octanol–water partition coefficient (Wildman–Crippen LogP) is 11.3. The van der Waals surface area contributed by atoms with Gasteiger partial charge in [0.1, 0.15) is 0 Å². The fraction of sp³-hybridized carbons (Fsp3) is 1.00. The fourth-order valence-electron chi connectivity index (χ4n) is 5.16. The Hall–Kier alpha value is 0.543. The van der Waals surface area contributed by atoms with Crippen molar-refractivity contribution in [3.05, 3.63) is 0 Å². The minimum atomic E-state index is -1.64. The SMILES string of the molecule is CCCCCC[CH2][Ge]([CH2]CCCCCC)([CH2]CCCCCC)[CH2]CCCCCC. The van der Waals surface area contributed by atoms with Gasteiger partial charge in [-0.05, 0) is 0 Å². The summed E-state index contributed by atoms with van der Waals surface area (Å²) in [5.41, 5.74) is 0. The summed E-state index contributed by atoms with van der Waals surface area (Å²) in [6.07, 6.45) is 29.8. The molecule has 0 unspecified atom stereocenters. The molecule has 0 aliphatic heterocycles. The van der Waals surface area contributed by atoms with Crippen molar-refractivity contribution < 1.29 is 0 Å². The molecule has 0 saturated heterocycles. The van der Waals surface area contributed by atoms with Crippen LogP contribution < -0.4 is 0 Å². The molecular weight excluding hydrogens is 409 g/mol. The zero-order valence-electron chi connectivity index (χ0n) is 21.5. The maximum atomic E-state index is 2.35. The van der Waals surface area contributed by atoms with Gasteiger partial charge in [-0.3, -0.25) is 0 Å². The van der Waals surface area contributed by atoms with Crippen molar-refractivity contribution in [3.63, 3.8) is 0 Å². The molecule has 0 aliphatic rings. The van der Waals surface area contributed by atoms with Crippen molar-refractivity contribution in [1.29, 1.82) is 0 Å². The van der Waals surface area contributed by atoms with Gasteiger partial charge < -0.3 is 0 Å². The maximum absolute atomic E-state index is 2.35. The van der Waals surface area contributed by atoms with Crippen molar-refractivity contribution in [2.75, 3.05) is 0 Å². The number of hydrogen-bond acceptors (Lipinski definition) is 0. The summed E-state index contributed by atoms with van der Waals surface area (Å²) in [6.45, 7) is 9.41. The first-order chi connectivity index (χ1) is 14.2. The van der Waals surface area contributed by atoms with Crippen LogP contribution in [0.3, 0.4) is 0 Å². The van der Waals surface area contributed by atoms with Gasteiger partial charge in [0.15, 0.2) is 0 Å². The van der Waals surface area contributed by atoms with Crippen LogP contribution in [-0.2, 0) is 0 Å². The molecule has 176 valence electrons. The van der Waals surface area contributed by atoms with Crippen molar-refractivity contribution in [3.8, 4) is 0 Å². The van der Waals surface area contributed by atoms with E-state index in [9.17, 15) is 0 Å². The molecule has 0 heterocycles. The molecule has 0 spiro atoms. The molecule has 0 aliphatic carbocycles. The van der Waals surface area contributed by atoms with Crippen molar-refractivity contribution in [2.24, 2.45) is 0 Å². The Morgan fingerprint density at radius 2 is 0.483 bits per heavy atom. The van der Waals surface area contributed by atoms with Gasteiger partial charge in [0.25, 0.3) is 0 Å². The van der Waals surface area contributed by atoms with Crippen LogP contribution >= 0.6 is 0 Å². The molecule has 0 radical (unpaired) electrons.